The van der Waals surface area contributed by atoms with Crippen LogP contribution in [0.5, 0.6) is 5.75 Å². The molecule has 3 aromatic rings. The van der Waals surface area contributed by atoms with Crippen molar-refractivity contribution in [2.24, 2.45) is 11.7 Å². The zero-order valence-electron chi connectivity index (χ0n) is 19.0. The molecule has 0 aliphatic carbocycles. The van der Waals surface area contributed by atoms with E-state index in [1.165, 1.54) is 7.11 Å². The van der Waals surface area contributed by atoms with Gasteiger partial charge in [0.25, 0.3) is 5.91 Å². The van der Waals surface area contributed by atoms with Gasteiger partial charge in [-0.15, -0.1) is 0 Å². The van der Waals surface area contributed by atoms with E-state index in [1.807, 2.05) is 74.5 Å². The van der Waals surface area contributed by atoms with Crippen molar-refractivity contribution in [2.75, 3.05) is 12.0 Å². The molecule has 0 saturated heterocycles. The first kappa shape index (κ1) is 22.8. The van der Waals surface area contributed by atoms with Crippen molar-refractivity contribution < 1.29 is 18.3 Å². The van der Waals surface area contributed by atoms with Gasteiger partial charge in [0.1, 0.15) is 11.6 Å². The van der Waals surface area contributed by atoms with Crippen LogP contribution in [0.4, 0.5) is 14.5 Å². The number of benzene rings is 3. The predicted octanol–water partition coefficient (Wildman–Crippen LogP) is 5.12. The Kier molecular flexibility index (Phi) is 6.11. The van der Waals surface area contributed by atoms with Crippen molar-refractivity contribution in [3.63, 3.8) is 0 Å². The van der Waals surface area contributed by atoms with Gasteiger partial charge >= 0.3 is 0 Å². The number of nitrogens with two attached hydrogens (primary N) is 1. The third-order valence-electron chi connectivity index (χ3n) is 6.35. The molecular weight excluding hydrogens is 422 g/mol. The molecule has 0 aromatic heterocycles. The number of methoxy groups -OCH3 is 1. The van der Waals surface area contributed by atoms with Crippen LogP contribution < -0.4 is 15.4 Å². The zero-order chi connectivity index (χ0) is 23.8. The molecule has 1 aliphatic heterocycles. The number of fused-ring (bicyclic) bond motifs is 1. The molecule has 2 N–H and O–H groups in total. The van der Waals surface area contributed by atoms with Crippen LogP contribution in [-0.4, -0.2) is 19.1 Å². The van der Waals surface area contributed by atoms with E-state index in [2.05, 4.69) is 0 Å². The third kappa shape index (κ3) is 3.84. The van der Waals surface area contributed by atoms with Gasteiger partial charge in [0.05, 0.1) is 24.4 Å². The van der Waals surface area contributed by atoms with Gasteiger partial charge in [-0.1, -0.05) is 74.5 Å². The predicted molar refractivity (Wildman–Crippen MR) is 125 cm³/mol. The number of nitrogens with zero attached hydrogens (tertiary/aromatic N) is 1. The molecule has 0 fully saturated rings. The van der Waals surface area contributed by atoms with Crippen molar-refractivity contribution >= 4 is 11.6 Å². The largest absolute Gasteiger partial charge is 0.496 e. The summed E-state index contributed by atoms with van der Waals surface area (Å²) in [6.07, 6.45) is 0.197. The fourth-order valence-electron chi connectivity index (χ4n) is 4.94. The first-order chi connectivity index (χ1) is 15.8. The number of rotatable bonds is 7. The average molecular weight is 451 g/mol. The molecular formula is C27H28F2N2O2. The molecule has 3 aromatic carbocycles. The standard InChI is InChI=1S/C27H28F2N2O2/c1-17(2)25-27(29,26(30)32)23-21(31(25)16-19-12-8-5-9-13-19)15-22(33-3)20(24(23)28)14-18-10-6-4-7-11-18/h4-13,15,17,25H,14,16H2,1-3H3,(H2,30,32). The van der Waals surface area contributed by atoms with E-state index in [9.17, 15) is 4.79 Å². The van der Waals surface area contributed by atoms with Crippen molar-refractivity contribution in [1.29, 1.82) is 0 Å². The van der Waals surface area contributed by atoms with Gasteiger partial charge in [0.2, 0.25) is 5.67 Å². The Labute approximate surface area is 193 Å². The molecule has 1 heterocycles. The minimum Gasteiger partial charge on any atom is -0.496 e. The number of hydrogen-bond donors (Lipinski definition) is 1. The number of carbonyl (C=O) groups excluding carboxylic acids is 1. The first-order valence-electron chi connectivity index (χ1n) is 11.0. The van der Waals surface area contributed by atoms with Gasteiger partial charge in [-0.3, -0.25) is 4.79 Å². The Hall–Kier alpha value is -3.41. The lowest BCUT2D eigenvalue weighted by molar-refractivity contribution is -0.132. The molecule has 0 radical (unpaired) electrons. The molecule has 1 amide bonds. The van der Waals surface area contributed by atoms with E-state index in [-0.39, 0.29) is 23.5 Å². The number of alkyl halides is 1. The molecule has 2 unspecified atom stereocenters. The Morgan fingerprint density at radius 2 is 1.67 bits per heavy atom. The molecule has 6 heteroatoms. The van der Waals surface area contributed by atoms with E-state index in [0.717, 1.165) is 11.1 Å². The van der Waals surface area contributed by atoms with Crippen LogP contribution in [0.25, 0.3) is 0 Å². The number of halogens is 2. The van der Waals surface area contributed by atoms with Gasteiger partial charge in [0.15, 0.2) is 0 Å². The summed E-state index contributed by atoms with van der Waals surface area (Å²) >= 11 is 0. The lowest BCUT2D eigenvalue weighted by Gasteiger charge is -2.35. The fourth-order valence-corrected chi connectivity index (χ4v) is 4.94. The molecule has 4 rings (SSSR count). The number of primary amides is 1. The number of amides is 1. The minimum absolute atomic E-state index is 0.197. The van der Waals surface area contributed by atoms with Crippen LogP contribution in [0.2, 0.25) is 0 Å². The summed E-state index contributed by atoms with van der Waals surface area (Å²) < 4.78 is 38.4. The van der Waals surface area contributed by atoms with Crippen LogP contribution in [-0.2, 0) is 23.4 Å². The van der Waals surface area contributed by atoms with E-state index < -0.39 is 23.4 Å². The highest BCUT2D eigenvalue weighted by Crippen LogP contribution is 2.53. The average Bonchev–Trinajstić information content (AvgIpc) is 3.06. The second kappa shape index (κ2) is 8.85. The second-order valence-corrected chi connectivity index (χ2v) is 8.81. The minimum atomic E-state index is -2.68. The maximum Gasteiger partial charge on any atom is 0.262 e. The summed E-state index contributed by atoms with van der Waals surface area (Å²) in [5.41, 5.74) is 4.92. The smallest absolute Gasteiger partial charge is 0.262 e. The van der Waals surface area contributed by atoms with Crippen LogP contribution in [0.15, 0.2) is 66.7 Å². The topological polar surface area (TPSA) is 55.6 Å². The molecule has 0 saturated carbocycles. The van der Waals surface area contributed by atoms with Gasteiger partial charge in [-0.25, -0.2) is 8.78 Å². The maximum atomic E-state index is 16.7. The Morgan fingerprint density at radius 1 is 1.09 bits per heavy atom. The van der Waals surface area contributed by atoms with E-state index in [1.54, 1.807) is 11.0 Å². The van der Waals surface area contributed by atoms with Gasteiger partial charge < -0.3 is 15.4 Å². The monoisotopic (exact) mass is 450 g/mol. The summed E-state index contributed by atoms with van der Waals surface area (Å²) in [7, 11) is 1.46. The van der Waals surface area contributed by atoms with Crippen LogP contribution in [0.1, 0.15) is 36.1 Å². The Bertz CT molecular complexity index is 1150. The molecule has 172 valence electrons. The number of anilines is 1. The van der Waals surface area contributed by atoms with Crippen molar-refractivity contribution in [1.82, 2.24) is 0 Å². The number of ether oxygens (including phenoxy) is 1. The highest BCUT2D eigenvalue weighted by Gasteiger charge is 2.59. The van der Waals surface area contributed by atoms with Crippen LogP contribution >= 0.6 is 0 Å². The van der Waals surface area contributed by atoms with Crippen molar-refractivity contribution in [3.05, 3.63) is 94.8 Å². The molecule has 33 heavy (non-hydrogen) atoms. The highest BCUT2D eigenvalue weighted by atomic mass is 19.1. The van der Waals surface area contributed by atoms with E-state index in [4.69, 9.17) is 10.5 Å². The molecule has 0 spiro atoms. The van der Waals surface area contributed by atoms with Crippen LogP contribution in [0.3, 0.4) is 0 Å². The fraction of sp³-hybridized carbons (Fsp3) is 0.296. The number of hydrogen-bond acceptors (Lipinski definition) is 3. The van der Waals surface area contributed by atoms with Crippen molar-refractivity contribution in [2.45, 2.75) is 38.5 Å². The summed E-state index contributed by atoms with van der Waals surface area (Å²) in [5, 5.41) is 0. The second-order valence-electron chi connectivity index (χ2n) is 8.81. The van der Waals surface area contributed by atoms with Gasteiger partial charge in [-0.05, 0) is 17.0 Å². The van der Waals surface area contributed by atoms with E-state index >= 15 is 8.78 Å². The highest BCUT2D eigenvalue weighted by molar-refractivity contribution is 5.92. The zero-order valence-corrected chi connectivity index (χ0v) is 19.0. The lowest BCUT2D eigenvalue weighted by atomic mass is 9.83. The maximum absolute atomic E-state index is 16.7. The molecule has 4 nitrogen and oxygen atoms in total. The van der Waals surface area contributed by atoms with Gasteiger partial charge in [-0.2, -0.15) is 0 Å². The summed E-state index contributed by atoms with van der Waals surface area (Å²) in [4.78, 5) is 14.3. The summed E-state index contributed by atoms with van der Waals surface area (Å²) in [5.74, 6) is -1.98. The van der Waals surface area contributed by atoms with E-state index in [0.29, 0.717) is 18.0 Å². The quantitative estimate of drug-likeness (QED) is 0.544. The third-order valence-corrected chi connectivity index (χ3v) is 6.35. The summed E-state index contributed by atoms with van der Waals surface area (Å²) in [6.45, 7) is 3.92. The SMILES string of the molecule is COc1cc2c(c(F)c1Cc1ccccc1)C(F)(C(N)=O)C(C(C)C)N2Cc1ccccc1. The normalized spacial score (nSPS) is 19.6. The lowest BCUT2D eigenvalue weighted by Crippen LogP contribution is -2.52. The molecule has 2 atom stereocenters. The number of carbonyl (C=O) groups is 1. The Morgan fingerprint density at radius 3 is 2.18 bits per heavy atom. The first-order valence-corrected chi connectivity index (χ1v) is 11.0. The molecule has 0 bridgehead atoms. The molecule has 1 aliphatic rings. The van der Waals surface area contributed by atoms with Gasteiger partial charge in [0, 0.05) is 24.6 Å². The van der Waals surface area contributed by atoms with Crippen LogP contribution in [0, 0.1) is 11.7 Å². The Balaban J connectivity index is 1.94. The van der Waals surface area contributed by atoms with Crippen molar-refractivity contribution in [3.8, 4) is 5.75 Å². The summed E-state index contributed by atoms with van der Waals surface area (Å²) in [6, 6.07) is 19.5.